The second-order valence-electron chi connectivity index (χ2n) is 7.15. The largest absolute Gasteiger partial charge is 0.504 e. The zero-order chi connectivity index (χ0) is 21.1. The molecular weight excluding hydrogens is 461 g/mol. The summed E-state index contributed by atoms with van der Waals surface area (Å²) in [5, 5.41) is 24.3. The van der Waals surface area contributed by atoms with E-state index in [0.717, 1.165) is 24.8 Å². The molecule has 0 radical (unpaired) electrons. The third kappa shape index (κ3) is 4.84. The van der Waals surface area contributed by atoms with Crippen LogP contribution in [-0.4, -0.2) is 48.5 Å². The van der Waals surface area contributed by atoms with E-state index in [1.807, 2.05) is 4.31 Å². The summed E-state index contributed by atoms with van der Waals surface area (Å²) in [6, 6.07) is 2.21. The first-order chi connectivity index (χ1) is 14.5. The number of aromatic nitrogens is 2. The summed E-state index contributed by atoms with van der Waals surface area (Å²) in [5.74, 6) is 1.70. The van der Waals surface area contributed by atoms with Gasteiger partial charge in [0.25, 0.3) is 0 Å². The molecule has 3 aromatic rings. The molecule has 0 spiro atoms. The Morgan fingerprint density at radius 1 is 1.23 bits per heavy atom. The van der Waals surface area contributed by atoms with Gasteiger partial charge in [0, 0.05) is 36.4 Å². The molecule has 1 unspecified atom stereocenters. The van der Waals surface area contributed by atoms with Gasteiger partial charge >= 0.3 is 0 Å². The number of rotatable bonds is 8. The lowest BCUT2D eigenvalue weighted by Gasteiger charge is -2.25. The molecule has 12 heteroatoms. The van der Waals surface area contributed by atoms with Crippen molar-refractivity contribution in [3.05, 3.63) is 27.3 Å². The van der Waals surface area contributed by atoms with Gasteiger partial charge in [0.05, 0.1) is 24.0 Å². The SMILES string of the molecule is CC(C)c1csc(CNc2nsnc2Nc2csc(S(=O)N3CCNCC3)c2O)c1. The molecule has 0 saturated carbocycles. The van der Waals surface area contributed by atoms with E-state index < -0.39 is 11.0 Å². The van der Waals surface area contributed by atoms with Gasteiger partial charge < -0.3 is 21.1 Å². The molecule has 0 aromatic carbocycles. The molecule has 1 fully saturated rings. The fraction of sp³-hybridized carbons (Fsp3) is 0.444. The molecule has 0 amide bonds. The molecule has 0 aliphatic carbocycles. The molecule has 30 heavy (non-hydrogen) atoms. The zero-order valence-corrected chi connectivity index (χ0v) is 19.9. The van der Waals surface area contributed by atoms with Crippen molar-refractivity contribution < 1.29 is 9.32 Å². The van der Waals surface area contributed by atoms with Crippen LogP contribution in [0.5, 0.6) is 5.75 Å². The van der Waals surface area contributed by atoms with Crippen LogP contribution in [0, 0.1) is 0 Å². The van der Waals surface area contributed by atoms with Crippen LogP contribution in [-0.2, 0) is 17.5 Å². The maximum absolute atomic E-state index is 12.8. The third-order valence-corrected chi connectivity index (χ3v) is 9.02. The second kappa shape index (κ2) is 9.71. The normalized spacial score (nSPS) is 16.1. The summed E-state index contributed by atoms with van der Waals surface area (Å²) in [7, 11) is -1.37. The highest BCUT2D eigenvalue weighted by molar-refractivity contribution is 7.85. The summed E-state index contributed by atoms with van der Waals surface area (Å²) in [6.07, 6.45) is 0. The smallest absolute Gasteiger partial charge is 0.188 e. The fourth-order valence-corrected chi connectivity index (χ4v) is 6.86. The minimum atomic E-state index is -1.37. The zero-order valence-electron chi connectivity index (χ0n) is 16.7. The lowest BCUT2D eigenvalue weighted by atomic mass is 10.1. The number of nitrogens with one attached hydrogen (secondary N) is 3. The number of thiophene rings is 2. The quantitative estimate of drug-likeness (QED) is 0.386. The van der Waals surface area contributed by atoms with Crippen molar-refractivity contribution in [2.24, 2.45) is 0 Å². The monoisotopic (exact) mass is 484 g/mol. The van der Waals surface area contributed by atoms with Gasteiger partial charge in [-0.15, -0.1) is 22.7 Å². The molecule has 1 aliphatic rings. The Bertz CT molecular complexity index is 1010. The van der Waals surface area contributed by atoms with Gasteiger partial charge in [-0.25, -0.2) is 8.51 Å². The van der Waals surface area contributed by atoms with E-state index in [-0.39, 0.29) is 5.75 Å². The number of anilines is 3. The van der Waals surface area contributed by atoms with E-state index in [0.29, 0.717) is 47.1 Å². The summed E-state index contributed by atoms with van der Waals surface area (Å²) in [5.41, 5.74) is 1.83. The van der Waals surface area contributed by atoms with E-state index in [9.17, 15) is 9.32 Å². The number of piperazine rings is 1. The first kappa shape index (κ1) is 21.7. The number of hydrogen-bond donors (Lipinski definition) is 4. The lowest BCUT2D eigenvalue weighted by molar-refractivity contribution is 0.379. The van der Waals surface area contributed by atoms with Crippen LogP contribution in [0.3, 0.4) is 0 Å². The highest BCUT2D eigenvalue weighted by Gasteiger charge is 2.24. The maximum Gasteiger partial charge on any atom is 0.188 e. The Balaban J connectivity index is 1.42. The summed E-state index contributed by atoms with van der Waals surface area (Å²) >= 11 is 4.10. The topological polar surface area (TPSA) is 102 Å². The predicted molar refractivity (Wildman–Crippen MR) is 126 cm³/mol. The van der Waals surface area contributed by atoms with Crippen LogP contribution in [0.15, 0.2) is 21.0 Å². The van der Waals surface area contributed by atoms with Crippen molar-refractivity contribution in [1.29, 1.82) is 0 Å². The molecular formula is C18H24N6O2S4. The van der Waals surface area contributed by atoms with Crippen molar-refractivity contribution >= 4 is 62.7 Å². The van der Waals surface area contributed by atoms with Gasteiger partial charge in [0.1, 0.15) is 11.0 Å². The van der Waals surface area contributed by atoms with E-state index in [1.54, 1.807) is 16.7 Å². The van der Waals surface area contributed by atoms with Crippen LogP contribution in [0.2, 0.25) is 0 Å². The fourth-order valence-electron chi connectivity index (χ4n) is 2.95. The van der Waals surface area contributed by atoms with E-state index >= 15 is 0 Å². The molecule has 4 N–H and O–H groups in total. The summed E-state index contributed by atoms with van der Waals surface area (Å²) < 4.78 is 23.8. The molecule has 1 saturated heterocycles. The highest BCUT2D eigenvalue weighted by atomic mass is 32.2. The number of aromatic hydroxyl groups is 1. The standard InChI is InChI=1S/C18H24N6O2S4/c1-11(2)12-7-13(27-9-12)8-20-16-17(23-29-22-16)21-14-10-28-18(15(14)25)30(26)24-5-3-19-4-6-24/h7,9-11,19,25H,3-6,8H2,1-2H3,(H,20,22)(H,21,23). The van der Waals surface area contributed by atoms with Gasteiger partial charge in [-0.05, 0) is 22.9 Å². The Morgan fingerprint density at radius 2 is 2.00 bits per heavy atom. The van der Waals surface area contributed by atoms with Gasteiger partial charge in [0.15, 0.2) is 21.6 Å². The van der Waals surface area contributed by atoms with E-state index in [4.69, 9.17) is 0 Å². The van der Waals surface area contributed by atoms with Gasteiger partial charge in [-0.2, -0.15) is 8.75 Å². The maximum atomic E-state index is 12.8. The average molecular weight is 485 g/mol. The van der Waals surface area contributed by atoms with Crippen molar-refractivity contribution in [3.63, 3.8) is 0 Å². The van der Waals surface area contributed by atoms with Gasteiger partial charge in [0.2, 0.25) is 0 Å². The second-order valence-corrected chi connectivity index (χ2v) is 11.2. The first-order valence-corrected chi connectivity index (χ1v) is 13.2. The molecule has 162 valence electrons. The Morgan fingerprint density at radius 3 is 2.73 bits per heavy atom. The molecule has 4 rings (SSSR count). The average Bonchev–Trinajstić information content (AvgIpc) is 3.48. The van der Waals surface area contributed by atoms with Gasteiger partial charge in [-0.1, -0.05) is 13.8 Å². The minimum Gasteiger partial charge on any atom is -0.504 e. The first-order valence-electron chi connectivity index (χ1n) is 9.61. The molecule has 1 aliphatic heterocycles. The summed E-state index contributed by atoms with van der Waals surface area (Å²) in [4.78, 5) is 1.23. The van der Waals surface area contributed by atoms with Crippen molar-refractivity contribution in [1.82, 2.24) is 18.4 Å². The van der Waals surface area contributed by atoms with Crippen LogP contribution >= 0.6 is 34.4 Å². The van der Waals surface area contributed by atoms with Gasteiger partial charge in [-0.3, -0.25) is 0 Å². The Labute approximate surface area is 190 Å². The third-order valence-electron chi connectivity index (χ3n) is 4.71. The molecule has 8 nitrogen and oxygen atoms in total. The van der Waals surface area contributed by atoms with E-state index in [1.165, 1.54) is 21.8 Å². The van der Waals surface area contributed by atoms with Crippen molar-refractivity contribution in [3.8, 4) is 5.75 Å². The number of nitrogens with zero attached hydrogens (tertiary/aromatic N) is 3. The van der Waals surface area contributed by atoms with Crippen LogP contribution in [0.25, 0.3) is 0 Å². The predicted octanol–water partition coefficient (Wildman–Crippen LogP) is 3.77. The minimum absolute atomic E-state index is 0.00986. The number of hydrogen-bond acceptors (Lipinski definition) is 10. The van der Waals surface area contributed by atoms with Crippen molar-refractivity contribution in [2.75, 3.05) is 36.8 Å². The molecule has 0 bridgehead atoms. The Kier molecular flexibility index (Phi) is 7.01. The van der Waals surface area contributed by atoms with E-state index in [2.05, 4.69) is 50.0 Å². The van der Waals surface area contributed by atoms with Crippen LogP contribution in [0.4, 0.5) is 17.3 Å². The summed E-state index contributed by atoms with van der Waals surface area (Å²) in [6.45, 7) is 8.00. The molecule has 4 heterocycles. The Hall–Kier alpha value is -1.57. The lowest BCUT2D eigenvalue weighted by Crippen LogP contribution is -2.44. The van der Waals surface area contributed by atoms with Crippen molar-refractivity contribution in [2.45, 2.75) is 30.5 Å². The van der Waals surface area contributed by atoms with Crippen LogP contribution in [0.1, 0.15) is 30.2 Å². The molecule has 1 atom stereocenters. The highest BCUT2D eigenvalue weighted by Crippen LogP contribution is 2.40. The molecule has 3 aromatic heterocycles. The van der Waals surface area contributed by atoms with Crippen LogP contribution < -0.4 is 16.0 Å².